The third-order valence-electron chi connectivity index (χ3n) is 3.59. The summed E-state index contributed by atoms with van der Waals surface area (Å²) in [7, 11) is 0. The summed E-state index contributed by atoms with van der Waals surface area (Å²) in [4.78, 5) is 19.9. The van der Waals surface area contributed by atoms with Crippen LogP contribution in [0.1, 0.15) is 21.6 Å². The molecule has 0 unspecified atom stereocenters. The normalized spacial score (nSPS) is 14.2. The Bertz CT molecular complexity index is 616. The summed E-state index contributed by atoms with van der Waals surface area (Å²) in [6.45, 7) is 0.238. The Balaban J connectivity index is 1.59. The maximum atomic E-state index is 12.1. The van der Waals surface area contributed by atoms with Crippen LogP contribution in [0.5, 0.6) is 0 Å². The summed E-state index contributed by atoms with van der Waals surface area (Å²) < 4.78 is 0. The van der Waals surface area contributed by atoms with E-state index in [1.807, 2.05) is 12.1 Å². The molecule has 0 radical (unpaired) electrons. The van der Waals surface area contributed by atoms with Gasteiger partial charge in [0.15, 0.2) is 11.6 Å². The first-order valence-corrected chi connectivity index (χ1v) is 6.64. The van der Waals surface area contributed by atoms with Crippen molar-refractivity contribution < 1.29 is 4.79 Å². The number of Topliss-reactive ketones (excluding diaryl/α,β-unsaturated/α-hetero) is 1. The molecule has 0 saturated heterocycles. The summed E-state index contributed by atoms with van der Waals surface area (Å²) in [5.74, 6) is 0.0700. The van der Waals surface area contributed by atoms with E-state index in [0.717, 1.165) is 12.8 Å². The summed E-state index contributed by atoms with van der Waals surface area (Å²) in [6, 6.07) is 8.67. The molecule has 0 amide bonds. The second-order valence-corrected chi connectivity index (χ2v) is 4.97. The van der Waals surface area contributed by atoms with Crippen LogP contribution in [-0.4, -0.2) is 28.3 Å². The molecule has 0 spiro atoms. The molecule has 1 aromatic heterocycles. The lowest BCUT2D eigenvalue weighted by Gasteiger charge is -2.11. The van der Waals surface area contributed by atoms with Crippen molar-refractivity contribution in [1.82, 2.24) is 15.3 Å². The molecule has 0 aliphatic heterocycles. The van der Waals surface area contributed by atoms with Crippen LogP contribution in [0.25, 0.3) is 0 Å². The minimum absolute atomic E-state index is 0.119. The molecule has 3 N–H and O–H groups in total. The topological polar surface area (TPSA) is 80.9 Å². The number of fused-ring (bicyclic) bond motifs is 1. The predicted octanol–water partition coefficient (Wildman–Crippen LogP) is 0.998. The van der Waals surface area contributed by atoms with E-state index >= 15 is 0 Å². The van der Waals surface area contributed by atoms with Crippen molar-refractivity contribution in [3.8, 4) is 0 Å². The number of hydrogen-bond donors (Lipinski definition) is 2. The van der Waals surface area contributed by atoms with Crippen molar-refractivity contribution in [2.45, 2.75) is 18.9 Å². The molecule has 5 nitrogen and oxygen atoms in total. The van der Waals surface area contributed by atoms with E-state index < -0.39 is 0 Å². The number of nitrogens with one attached hydrogen (secondary N) is 1. The molecule has 1 heterocycles. The smallest absolute Gasteiger partial charge is 0.198 e. The summed E-state index contributed by atoms with van der Waals surface area (Å²) in [5, 5.41) is 3.28. The molecule has 0 atom stereocenters. The van der Waals surface area contributed by atoms with Crippen LogP contribution in [0, 0.1) is 0 Å². The van der Waals surface area contributed by atoms with Gasteiger partial charge in [0.2, 0.25) is 0 Å². The lowest BCUT2D eigenvalue weighted by molar-refractivity contribution is 0.0983. The molecule has 1 aromatic carbocycles. The van der Waals surface area contributed by atoms with Gasteiger partial charge in [-0.15, -0.1) is 0 Å². The average molecular weight is 268 g/mol. The Morgan fingerprint density at radius 3 is 2.50 bits per heavy atom. The zero-order valence-corrected chi connectivity index (χ0v) is 11.0. The van der Waals surface area contributed by atoms with E-state index in [4.69, 9.17) is 5.73 Å². The molecule has 102 valence electrons. The number of nitrogens with two attached hydrogens (primary N) is 1. The fraction of sp³-hybridized carbons (Fsp3) is 0.267. The van der Waals surface area contributed by atoms with Gasteiger partial charge in [-0.1, -0.05) is 24.3 Å². The largest absolute Gasteiger partial charge is 0.382 e. The van der Waals surface area contributed by atoms with E-state index in [1.165, 1.54) is 23.5 Å². The molecule has 0 bridgehead atoms. The molecule has 2 aromatic rings. The minimum atomic E-state index is -0.119. The highest BCUT2D eigenvalue weighted by Crippen LogP contribution is 2.21. The SMILES string of the molecule is Nc1nccnc1C(=O)CNC1Cc2ccccc2C1. The van der Waals surface area contributed by atoms with Crippen LogP contribution in [0.3, 0.4) is 0 Å². The van der Waals surface area contributed by atoms with Gasteiger partial charge in [-0.25, -0.2) is 9.97 Å². The predicted molar refractivity (Wildman–Crippen MR) is 76.4 cm³/mol. The number of aromatic nitrogens is 2. The highest BCUT2D eigenvalue weighted by atomic mass is 16.1. The van der Waals surface area contributed by atoms with Crippen LogP contribution in [0.15, 0.2) is 36.7 Å². The Labute approximate surface area is 117 Å². The lowest BCUT2D eigenvalue weighted by Crippen LogP contribution is -2.34. The molecular weight excluding hydrogens is 252 g/mol. The van der Waals surface area contributed by atoms with E-state index in [0.29, 0.717) is 6.04 Å². The zero-order valence-electron chi connectivity index (χ0n) is 11.0. The molecule has 20 heavy (non-hydrogen) atoms. The molecule has 5 heteroatoms. The van der Waals surface area contributed by atoms with E-state index in [-0.39, 0.29) is 23.8 Å². The third-order valence-corrected chi connectivity index (χ3v) is 3.59. The first-order valence-electron chi connectivity index (χ1n) is 6.64. The molecular formula is C15H16N4O. The van der Waals surface area contributed by atoms with Gasteiger partial charge in [-0.3, -0.25) is 4.79 Å². The number of benzene rings is 1. The number of anilines is 1. The summed E-state index contributed by atoms with van der Waals surface area (Å²) in [5.41, 5.74) is 8.61. The number of carbonyl (C=O) groups is 1. The monoisotopic (exact) mass is 268 g/mol. The van der Waals surface area contributed by atoms with Gasteiger partial charge in [-0.05, 0) is 24.0 Å². The number of hydrogen-bond acceptors (Lipinski definition) is 5. The molecule has 1 aliphatic carbocycles. The Hall–Kier alpha value is -2.27. The minimum Gasteiger partial charge on any atom is -0.382 e. The highest BCUT2D eigenvalue weighted by Gasteiger charge is 2.21. The van der Waals surface area contributed by atoms with Crippen LogP contribution in [-0.2, 0) is 12.8 Å². The highest BCUT2D eigenvalue weighted by molar-refractivity contribution is 5.99. The second kappa shape index (κ2) is 5.38. The van der Waals surface area contributed by atoms with Crippen LogP contribution < -0.4 is 11.1 Å². The number of rotatable bonds is 4. The van der Waals surface area contributed by atoms with Gasteiger partial charge in [0.05, 0.1) is 6.54 Å². The first kappa shape index (κ1) is 12.7. The number of carbonyl (C=O) groups excluding carboxylic acids is 1. The van der Waals surface area contributed by atoms with Gasteiger partial charge < -0.3 is 11.1 Å². The van der Waals surface area contributed by atoms with E-state index in [9.17, 15) is 4.79 Å². The van der Waals surface area contributed by atoms with Crippen molar-refractivity contribution in [2.75, 3.05) is 12.3 Å². The first-order chi connectivity index (χ1) is 9.74. The molecule has 1 aliphatic rings. The van der Waals surface area contributed by atoms with Crippen LogP contribution in [0.2, 0.25) is 0 Å². The third kappa shape index (κ3) is 2.53. The molecule has 0 saturated carbocycles. The van der Waals surface area contributed by atoms with Crippen LogP contribution >= 0.6 is 0 Å². The van der Waals surface area contributed by atoms with Crippen molar-refractivity contribution in [2.24, 2.45) is 0 Å². The lowest BCUT2D eigenvalue weighted by atomic mass is 10.1. The second-order valence-electron chi connectivity index (χ2n) is 4.97. The Kier molecular flexibility index (Phi) is 3.43. The fourth-order valence-electron chi connectivity index (χ4n) is 2.59. The number of ketones is 1. The van der Waals surface area contributed by atoms with Gasteiger partial charge in [-0.2, -0.15) is 0 Å². The molecule has 0 fully saturated rings. The van der Waals surface area contributed by atoms with E-state index in [2.05, 4.69) is 27.4 Å². The zero-order chi connectivity index (χ0) is 13.9. The number of nitrogens with zero attached hydrogens (tertiary/aromatic N) is 2. The Morgan fingerprint density at radius 1 is 1.20 bits per heavy atom. The standard InChI is InChI=1S/C15H16N4O/c16-15-14(17-5-6-18-15)13(20)9-19-12-7-10-3-1-2-4-11(10)8-12/h1-6,12,19H,7-9H2,(H2,16,18). The molecule has 3 rings (SSSR count). The van der Waals surface area contributed by atoms with Crippen molar-refractivity contribution in [3.05, 3.63) is 53.5 Å². The average Bonchev–Trinajstić information content (AvgIpc) is 2.88. The maximum absolute atomic E-state index is 12.1. The van der Waals surface area contributed by atoms with E-state index in [1.54, 1.807) is 0 Å². The fourth-order valence-corrected chi connectivity index (χ4v) is 2.59. The number of nitrogen functional groups attached to an aromatic ring is 1. The van der Waals surface area contributed by atoms with Gasteiger partial charge in [0.1, 0.15) is 5.69 Å². The maximum Gasteiger partial charge on any atom is 0.198 e. The quantitative estimate of drug-likeness (QED) is 0.808. The Morgan fingerprint density at radius 2 is 1.85 bits per heavy atom. The summed E-state index contributed by atoms with van der Waals surface area (Å²) in [6.07, 6.45) is 4.88. The summed E-state index contributed by atoms with van der Waals surface area (Å²) >= 11 is 0. The van der Waals surface area contributed by atoms with Crippen molar-refractivity contribution in [1.29, 1.82) is 0 Å². The van der Waals surface area contributed by atoms with Crippen molar-refractivity contribution in [3.63, 3.8) is 0 Å². The van der Waals surface area contributed by atoms with Crippen molar-refractivity contribution >= 4 is 11.6 Å². The van der Waals surface area contributed by atoms with Gasteiger partial charge in [0, 0.05) is 18.4 Å². The van der Waals surface area contributed by atoms with Crippen LogP contribution in [0.4, 0.5) is 5.82 Å². The van der Waals surface area contributed by atoms with Gasteiger partial charge >= 0.3 is 0 Å². The van der Waals surface area contributed by atoms with Gasteiger partial charge in [0.25, 0.3) is 0 Å².